The molecule has 3 nitrogen and oxygen atoms in total. The van der Waals surface area contributed by atoms with Gasteiger partial charge in [0.05, 0.1) is 12.0 Å². The molecule has 3 aromatic rings. The van der Waals surface area contributed by atoms with Gasteiger partial charge in [-0.3, -0.25) is 0 Å². The number of hydrogen-bond acceptors (Lipinski definition) is 4. The Labute approximate surface area is 115 Å². The molecule has 0 bridgehead atoms. The zero-order valence-electron chi connectivity index (χ0n) is 10.3. The number of nitrogens with zero attached hydrogens (tertiary/aromatic N) is 1. The van der Waals surface area contributed by atoms with Crippen molar-refractivity contribution in [3.05, 3.63) is 65.4 Å². The molecule has 1 unspecified atom stereocenters. The third-order valence-electron chi connectivity index (χ3n) is 2.94. The highest BCUT2D eigenvalue weighted by Crippen LogP contribution is 2.25. The van der Waals surface area contributed by atoms with Crippen molar-refractivity contribution in [1.29, 1.82) is 0 Å². The standard InChI is InChI=1S/C15H14N2OS/c16-13(11-5-2-1-3-6-11)9-12-10-19-15(17-12)14-7-4-8-18-14/h1-8,10,13H,9,16H2. The van der Waals surface area contributed by atoms with E-state index < -0.39 is 0 Å². The van der Waals surface area contributed by atoms with Gasteiger partial charge in [-0.2, -0.15) is 0 Å². The van der Waals surface area contributed by atoms with E-state index in [1.54, 1.807) is 17.6 Å². The first-order valence-corrected chi connectivity index (χ1v) is 7.00. The summed E-state index contributed by atoms with van der Waals surface area (Å²) in [6, 6.07) is 13.9. The highest BCUT2D eigenvalue weighted by molar-refractivity contribution is 7.13. The average Bonchev–Trinajstić information content (AvgIpc) is 3.10. The minimum Gasteiger partial charge on any atom is -0.462 e. The lowest BCUT2D eigenvalue weighted by molar-refractivity contribution is 0.581. The molecule has 1 aromatic carbocycles. The minimum atomic E-state index is -0.0206. The van der Waals surface area contributed by atoms with Gasteiger partial charge in [-0.25, -0.2) is 4.98 Å². The summed E-state index contributed by atoms with van der Waals surface area (Å²) in [5.41, 5.74) is 8.34. The van der Waals surface area contributed by atoms with E-state index >= 15 is 0 Å². The van der Waals surface area contributed by atoms with E-state index in [2.05, 4.69) is 4.98 Å². The molecule has 96 valence electrons. The Kier molecular flexibility index (Phi) is 3.44. The topological polar surface area (TPSA) is 52.0 Å². The third-order valence-corrected chi connectivity index (χ3v) is 3.85. The van der Waals surface area contributed by atoms with Crippen LogP contribution in [0.3, 0.4) is 0 Å². The lowest BCUT2D eigenvalue weighted by atomic mass is 10.0. The summed E-state index contributed by atoms with van der Waals surface area (Å²) in [5.74, 6) is 0.810. The van der Waals surface area contributed by atoms with Gasteiger partial charge < -0.3 is 10.2 Å². The van der Waals surface area contributed by atoms with Crippen LogP contribution in [0, 0.1) is 0 Å². The summed E-state index contributed by atoms with van der Waals surface area (Å²) in [5, 5.41) is 2.95. The van der Waals surface area contributed by atoms with Crippen molar-refractivity contribution in [3.63, 3.8) is 0 Å². The zero-order chi connectivity index (χ0) is 13.1. The van der Waals surface area contributed by atoms with E-state index in [-0.39, 0.29) is 6.04 Å². The maximum atomic E-state index is 6.20. The van der Waals surface area contributed by atoms with Gasteiger partial charge in [0.1, 0.15) is 0 Å². The summed E-state index contributed by atoms with van der Waals surface area (Å²) in [6.45, 7) is 0. The van der Waals surface area contributed by atoms with Crippen LogP contribution >= 0.6 is 11.3 Å². The monoisotopic (exact) mass is 270 g/mol. The fraction of sp³-hybridized carbons (Fsp3) is 0.133. The number of furan rings is 1. The van der Waals surface area contributed by atoms with Crippen molar-refractivity contribution in [3.8, 4) is 10.8 Å². The van der Waals surface area contributed by atoms with Crippen LogP contribution in [0.25, 0.3) is 10.8 Å². The third kappa shape index (κ3) is 2.75. The Bertz CT molecular complexity index is 631. The van der Waals surface area contributed by atoms with Crippen molar-refractivity contribution >= 4 is 11.3 Å². The molecule has 4 heteroatoms. The summed E-state index contributed by atoms with van der Waals surface area (Å²) < 4.78 is 5.34. The molecule has 0 fully saturated rings. The van der Waals surface area contributed by atoms with E-state index in [1.165, 1.54) is 0 Å². The molecular formula is C15H14N2OS. The largest absolute Gasteiger partial charge is 0.462 e. The molecule has 1 atom stereocenters. The predicted molar refractivity (Wildman–Crippen MR) is 76.9 cm³/mol. The molecule has 19 heavy (non-hydrogen) atoms. The highest BCUT2D eigenvalue weighted by Gasteiger charge is 2.11. The number of nitrogens with two attached hydrogens (primary N) is 1. The Balaban J connectivity index is 1.74. The predicted octanol–water partition coefficient (Wildman–Crippen LogP) is 3.65. The first-order chi connectivity index (χ1) is 9.33. The fourth-order valence-corrected chi connectivity index (χ4v) is 2.76. The van der Waals surface area contributed by atoms with Crippen LogP contribution in [0.5, 0.6) is 0 Å². The van der Waals surface area contributed by atoms with Crippen LogP contribution in [-0.4, -0.2) is 4.98 Å². The van der Waals surface area contributed by atoms with Gasteiger partial charge in [-0.15, -0.1) is 11.3 Å². The first-order valence-electron chi connectivity index (χ1n) is 6.12. The molecule has 0 spiro atoms. The van der Waals surface area contributed by atoms with Gasteiger partial charge in [0.25, 0.3) is 0 Å². The molecule has 2 heterocycles. The molecule has 2 N–H and O–H groups in total. The van der Waals surface area contributed by atoms with Crippen LogP contribution < -0.4 is 5.73 Å². The molecule has 2 aromatic heterocycles. The number of rotatable bonds is 4. The molecule has 3 rings (SSSR count). The Hall–Kier alpha value is -1.91. The van der Waals surface area contributed by atoms with E-state index in [9.17, 15) is 0 Å². The van der Waals surface area contributed by atoms with Crippen molar-refractivity contribution in [2.45, 2.75) is 12.5 Å². The second-order valence-corrected chi connectivity index (χ2v) is 5.20. The van der Waals surface area contributed by atoms with Gasteiger partial charge in [0.15, 0.2) is 10.8 Å². The molecule has 0 radical (unpaired) electrons. The quantitative estimate of drug-likeness (QED) is 0.787. The Morgan fingerprint density at radius 1 is 1.16 bits per heavy atom. The number of aromatic nitrogens is 1. The summed E-state index contributed by atoms with van der Waals surface area (Å²) in [4.78, 5) is 4.56. The van der Waals surface area contributed by atoms with E-state index in [0.29, 0.717) is 0 Å². The van der Waals surface area contributed by atoms with Crippen molar-refractivity contribution in [1.82, 2.24) is 4.98 Å². The summed E-state index contributed by atoms with van der Waals surface area (Å²) >= 11 is 1.58. The first kappa shape index (κ1) is 12.1. The van der Waals surface area contributed by atoms with E-state index in [4.69, 9.17) is 10.2 Å². The number of thiazole rings is 1. The minimum absolute atomic E-state index is 0.0206. The second-order valence-electron chi connectivity index (χ2n) is 4.34. The lowest BCUT2D eigenvalue weighted by Crippen LogP contribution is -2.13. The SMILES string of the molecule is NC(Cc1csc(-c2ccco2)n1)c1ccccc1. The molecule has 0 saturated carbocycles. The van der Waals surface area contributed by atoms with Crippen molar-refractivity contribution < 1.29 is 4.42 Å². The molecule has 0 saturated heterocycles. The molecule has 0 aliphatic carbocycles. The van der Waals surface area contributed by atoms with Gasteiger partial charge in [-0.1, -0.05) is 30.3 Å². The maximum absolute atomic E-state index is 6.20. The van der Waals surface area contributed by atoms with E-state index in [1.807, 2.05) is 47.8 Å². The molecule has 0 aliphatic heterocycles. The Morgan fingerprint density at radius 2 is 2.00 bits per heavy atom. The average molecular weight is 270 g/mol. The van der Waals surface area contributed by atoms with E-state index in [0.717, 1.165) is 28.4 Å². The van der Waals surface area contributed by atoms with Crippen LogP contribution in [0.15, 0.2) is 58.5 Å². The molecule has 0 amide bonds. The van der Waals surface area contributed by atoms with Crippen LogP contribution in [-0.2, 0) is 6.42 Å². The number of hydrogen-bond donors (Lipinski definition) is 1. The van der Waals surface area contributed by atoms with Crippen molar-refractivity contribution in [2.24, 2.45) is 5.73 Å². The Morgan fingerprint density at radius 3 is 2.74 bits per heavy atom. The van der Waals surface area contributed by atoms with Gasteiger partial charge in [0, 0.05) is 17.8 Å². The molecular weight excluding hydrogens is 256 g/mol. The van der Waals surface area contributed by atoms with Gasteiger partial charge >= 0.3 is 0 Å². The van der Waals surface area contributed by atoms with Gasteiger partial charge in [0.2, 0.25) is 0 Å². The van der Waals surface area contributed by atoms with Gasteiger partial charge in [-0.05, 0) is 17.7 Å². The number of benzene rings is 1. The van der Waals surface area contributed by atoms with Crippen LogP contribution in [0.4, 0.5) is 0 Å². The fourth-order valence-electron chi connectivity index (χ4n) is 1.96. The lowest BCUT2D eigenvalue weighted by Gasteiger charge is -2.09. The van der Waals surface area contributed by atoms with Crippen molar-refractivity contribution in [2.75, 3.05) is 0 Å². The second kappa shape index (κ2) is 5.38. The summed E-state index contributed by atoms with van der Waals surface area (Å²) in [6.07, 6.45) is 2.40. The highest BCUT2D eigenvalue weighted by atomic mass is 32.1. The summed E-state index contributed by atoms with van der Waals surface area (Å²) in [7, 11) is 0. The maximum Gasteiger partial charge on any atom is 0.162 e. The van der Waals surface area contributed by atoms with Crippen LogP contribution in [0.1, 0.15) is 17.3 Å². The molecule has 0 aliphatic rings. The smallest absolute Gasteiger partial charge is 0.162 e. The van der Waals surface area contributed by atoms with Crippen LogP contribution in [0.2, 0.25) is 0 Å². The normalized spacial score (nSPS) is 12.5. The zero-order valence-corrected chi connectivity index (χ0v) is 11.1.